The van der Waals surface area contributed by atoms with Crippen molar-refractivity contribution in [3.05, 3.63) is 24.3 Å². The van der Waals surface area contributed by atoms with Crippen LogP contribution in [-0.2, 0) is 0 Å². The van der Waals surface area contributed by atoms with E-state index in [4.69, 9.17) is 0 Å². The van der Waals surface area contributed by atoms with Crippen LogP contribution in [0.2, 0.25) is 0 Å². The van der Waals surface area contributed by atoms with Crippen molar-refractivity contribution in [2.24, 2.45) is 5.92 Å². The van der Waals surface area contributed by atoms with E-state index < -0.39 is 0 Å². The highest BCUT2D eigenvalue weighted by Crippen LogP contribution is 2.04. The van der Waals surface area contributed by atoms with Gasteiger partial charge in [-0.25, -0.2) is 0 Å². The second-order valence-corrected chi connectivity index (χ2v) is 3.31. The third-order valence-electron chi connectivity index (χ3n) is 2.09. The fourth-order valence-corrected chi connectivity index (χ4v) is 0.985. The van der Waals surface area contributed by atoms with E-state index in [1.807, 2.05) is 0 Å². The van der Waals surface area contributed by atoms with Crippen LogP contribution in [-0.4, -0.2) is 0 Å². The summed E-state index contributed by atoms with van der Waals surface area (Å²) in [5, 5.41) is 0. The molecule has 0 radical (unpaired) electrons. The lowest BCUT2D eigenvalue weighted by atomic mass is 10.1. The van der Waals surface area contributed by atoms with Gasteiger partial charge in [-0.2, -0.15) is 0 Å². The molecular formula is C12H22. The summed E-state index contributed by atoms with van der Waals surface area (Å²) in [6.45, 7) is 6.58. The fourth-order valence-electron chi connectivity index (χ4n) is 0.985. The van der Waals surface area contributed by atoms with Crippen molar-refractivity contribution in [2.75, 3.05) is 0 Å². The highest BCUT2D eigenvalue weighted by atomic mass is 13.9. The minimum Gasteiger partial charge on any atom is -0.0917 e. The van der Waals surface area contributed by atoms with Gasteiger partial charge in [0.2, 0.25) is 0 Å². The smallest absolute Gasteiger partial charge is 0.0265 e. The molecule has 0 fully saturated rings. The number of hydrogen-bond acceptors (Lipinski definition) is 0. The second-order valence-electron chi connectivity index (χ2n) is 3.31. The first-order valence-corrected chi connectivity index (χ1v) is 5.09. The van der Waals surface area contributed by atoms with Crippen LogP contribution in [0.3, 0.4) is 0 Å². The van der Waals surface area contributed by atoms with Gasteiger partial charge in [-0.15, -0.1) is 0 Å². The van der Waals surface area contributed by atoms with Gasteiger partial charge < -0.3 is 0 Å². The van der Waals surface area contributed by atoms with E-state index in [0.29, 0.717) is 0 Å². The van der Waals surface area contributed by atoms with E-state index >= 15 is 0 Å². The second kappa shape index (κ2) is 8.58. The molecule has 0 heterocycles. The van der Waals surface area contributed by atoms with E-state index in [2.05, 4.69) is 45.1 Å². The standard InChI is InChI=1S/C12H22/c1-4-6-7-8-9-10-11-12(3)5-2/h4,6,10-12H,5,7-9H2,1-3H3. The average Bonchev–Trinajstić information content (AvgIpc) is 2.10. The molecule has 1 unspecified atom stereocenters. The predicted octanol–water partition coefficient (Wildman–Crippen LogP) is 4.34. The largest absolute Gasteiger partial charge is 0.0917 e. The fraction of sp³-hybridized carbons (Fsp3) is 0.667. The molecule has 12 heavy (non-hydrogen) atoms. The maximum Gasteiger partial charge on any atom is -0.0265 e. The van der Waals surface area contributed by atoms with Gasteiger partial charge in [-0.3, -0.25) is 0 Å². The Morgan fingerprint density at radius 2 is 1.83 bits per heavy atom. The van der Waals surface area contributed by atoms with Crippen molar-refractivity contribution in [3.63, 3.8) is 0 Å². The maximum absolute atomic E-state index is 2.33. The summed E-state index contributed by atoms with van der Waals surface area (Å²) in [5.74, 6) is 0.756. The average molecular weight is 166 g/mol. The molecule has 70 valence electrons. The molecule has 0 heteroatoms. The van der Waals surface area contributed by atoms with Crippen LogP contribution in [0.25, 0.3) is 0 Å². The normalized spacial score (nSPS) is 14.6. The first kappa shape index (κ1) is 11.5. The molecule has 0 nitrogen and oxygen atoms in total. The molecule has 0 amide bonds. The lowest BCUT2D eigenvalue weighted by Crippen LogP contribution is -1.83. The zero-order valence-electron chi connectivity index (χ0n) is 8.72. The van der Waals surface area contributed by atoms with Crippen LogP contribution in [0.5, 0.6) is 0 Å². The number of unbranched alkanes of at least 4 members (excludes halogenated alkanes) is 2. The van der Waals surface area contributed by atoms with Crippen molar-refractivity contribution in [1.29, 1.82) is 0 Å². The van der Waals surface area contributed by atoms with Crippen molar-refractivity contribution in [3.8, 4) is 0 Å². The van der Waals surface area contributed by atoms with Crippen LogP contribution < -0.4 is 0 Å². The predicted molar refractivity (Wildman–Crippen MR) is 57.3 cm³/mol. The summed E-state index contributed by atoms with van der Waals surface area (Å²) in [4.78, 5) is 0. The molecule has 0 N–H and O–H groups in total. The van der Waals surface area contributed by atoms with Crippen molar-refractivity contribution in [1.82, 2.24) is 0 Å². The molecule has 0 saturated carbocycles. The van der Waals surface area contributed by atoms with Crippen LogP contribution in [0, 0.1) is 5.92 Å². The van der Waals surface area contributed by atoms with Gasteiger partial charge in [0, 0.05) is 0 Å². The minimum atomic E-state index is 0.756. The van der Waals surface area contributed by atoms with Crippen LogP contribution >= 0.6 is 0 Å². The highest BCUT2D eigenvalue weighted by Gasteiger charge is 1.88. The highest BCUT2D eigenvalue weighted by molar-refractivity contribution is 4.86. The monoisotopic (exact) mass is 166 g/mol. The minimum absolute atomic E-state index is 0.756. The Hall–Kier alpha value is -0.520. The van der Waals surface area contributed by atoms with Crippen molar-refractivity contribution < 1.29 is 0 Å². The molecule has 0 saturated heterocycles. The SMILES string of the molecule is CC=CCCCC=CC(C)CC. The molecule has 0 rings (SSSR count). The third kappa shape index (κ3) is 7.59. The Bertz CT molecular complexity index is 131. The summed E-state index contributed by atoms with van der Waals surface area (Å²) in [6, 6.07) is 0. The van der Waals surface area contributed by atoms with E-state index in [-0.39, 0.29) is 0 Å². The lowest BCUT2D eigenvalue weighted by Gasteiger charge is -1.98. The van der Waals surface area contributed by atoms with Crippen molar-refractivity contribution in [2.45, 2.75) is 46.5 Å². The number of rotatable bonds is 6. The van der Waals surface area contributed by atoms with Gasteiger partial charge >= 0.3 is 0 Å². The van der Waals surface area contributed by atoms with E-state index in [0.717, 1.165) is 5.92 Å². The Balaban J connectivity index is 3.24. The summed E-state index contributed by atoms with van der Waals surface area (Å²) in [7, 11) is 0. The van der Waals surface area contributed by atoms with E-state index in [1.165, 1.54) is 25.7 Å². The van der Waals surface area contributed by atoms with E-state index in [9.17, 15) is 0 Å². The first-order chi connectivity index (χ1) is 5.81. The molecule has 0 aromatic rings. The summed E-state index contributed by atoms with van der Waals surface area (Å²) in [6.07, 6.45) is 14.0. The molecular weight excluding hydrogens is 144 g/mol. The summed E-state index contributed by atoms with van der Waals surface area (Å²) < 4.78 is 0. The van der Waals surface area contributed by atoms with Gasteiger partial charge in [0.15, 0.2) is 0 Å². The van der Waals surface area contributed by atoms with Gasteiger partial charge in [-0.05, 0) is 32.1 Å². The molecule has 0 aliphatic rings. The molecule has 1 atom stereocenters. The molecule has 0 aromatic carbocycles. The van der Waals surface area contributed by atoms with E-state index in [1.54, 1.807) is 0 Å². The zero-order chi connectivity index (χ0) is 9.23. The Morgan fingerprint density at radius 1 is 1.17 bits per heavy atom. The topological polar surface area (TPSA) is 0 Å². The third-order valence-corrected chi connectivity index (χ3v) is 2.09. The Kier molecular flexibility index (Phi) is 8.20. The van der Waals surface area contributed by atoms with Gasteiger partial charge in [0.1, 0.15) is 0 Å². The molecule has 0 bridgehead atoms. The summed E-state index contributed by atoms with van der Waals surface area (Å²) >= 11 is 0. The van der Waals surface area contributed by atoms with Gasteiger partial charge in [-0.1, -0.05) is 44.6 Å². The molecule has 0 aliphatic heterocycles. The van der Waals surface area contributed by atoms with Gasteiger partial charge in [0.25, 0.3) is 0 Å². The Morgan fingerprint density at radius 3 is 2.42 bits per heavy atom. The number of hydrogen-bond donors (Lipinski definition) is 0. The van der Waals surface area contributed by atoms with Crippen LogP contribution in [0.1, 0.15) is 46.5 Å². The Labute approximate surface area is 77.4 Å². The zero-order valence-corrected chi connectivity index (χ0v) is 8.72. The van der Waals surface area contributed by atoms with Gasteiger partial charge in [0.05, 0.1) is 0 Å². The lowest BCUT2D eigenvalue weighted by molar-refractivity contribution is 0.693. The summed E-state index contributed by atoms with van der Waals surface area (Å²) in [5.41, 5.74) is 0. The van der Waals surface area contributed by atoms with Crippen LogP contribution in [0.4, 0.5) is 0 Å². The maximum atomic E-state index is 2.33. The first-order valence-electron chi connectivity index (χ1n) is 5.09. The quantitative estimate of drug-likeness (QED) is 0.407. The molecule has 0 aromatic heterocycles. The van der Waals surface area contributed by atoms with Crippen molar-refractivity contribution >= 4 is 0 Å². The number of allylic oxidation sites excluding steroid dienone is 4. The molecule has 0 aliphatic carbocycles. The molecule has 0 spiro atoms. The van der Waals surface area contributed by atoms with Crippen LogP contribution in [0.15, 0.2) is 24.3 Å².